The molecule has 1 N–H and O–H groups in total. The number of methoxy groups -OCH3 is 1. The standard InChI is InChI=1S/C23H26N6O3S/c1-15-19-8-7-18(13-20(19)27-29(15)3)28(2)22-10-11-24-23(26-22)25-17-6-9-21(32-4)16(12-17)14-33(5,30)31/h6-13H,14H2,1-5H3,(H,24,25,26). The van der Waals surface area contributed by atoms with Gasteiger partial charge in [0, 0.05) is 54.6 Å². The molecule has 0 bridgehead atoms. The van der Waals surface area contributed by atoms with Gasteiger partial charge in [-0.1, -0.05) is 0 Å². The van der Waals surface area contributed by atoms with Crippen molar-refractivity contribution in [3.05, 3.63) is 59.9 Å². The van der Waals surface area contributed by atoms with Gasteiger partial charge in [-0.25, -0.2) is 13.4 Å². The average Bonchev–Trinajstić information content (AvgIpc) is 3.05. The van der Waals surface area contributed by atoms with E-state index in [9.17, 15) is 8.42 Å². The highest BCUT2D eigenvalue weighted by Crippen LogP contribution is 2.29. The van der Waals surface area contributed by atoms with Crippen molar-refractivity contribution in [1.29, 1.82) is 0 Å². The number of ether oxygens (including phenoxy) is 1. The Morgan fingerprint density at radius 2 is 1.94 bits per heavy atom. The first-order valence-corrected chi connectivity index (χ1v) is 12.3. The van der Waals surface area contributed by atoms with E-state index >= 15 is 0 Å². The maximum atomic E-state index is 11.8. The molecule has 0 atom stereocenters. The van der Waals surface area contributed by atoms with E-state index in [0.717, 1.165) is 22.3 Å². The summed E-state index contributed by atoms with van der Waals surface area (Å²) in [7, 11) is 2.16. The molecule has 33 heavy (non-hydrogen) atoms. The molecule has 2 aromatic carbocycles. The van der Waals surface area contributed by atoms with Crippen molar-refractivity contribution < 1.29 is 13.2 Å². The number of fused-ring (bicyclic) bond motifs is 1. The molecule has 0 spiro atoms. The lowest BCUT2D eigenvalue weighted by Crippen LogP contribution is -2.12. The van der Waals surface area contributed by atoms with Crippen molar-refractivity contribution in [2.75, 3.05) is 30.6 Å². The Balaban J connectivity index is 1.60. The van der Waals surface area contributed by atoms with Crippen LogP contribution in [0.15, 0.2) is 48.7 Å². The van der Waals surface area contributed by atoms with Gasteiger partial charge < -0.3 is 15.0 Å². The highest BCUT2D eigenvalue weighted by Gasteiger charge is 2.13. The molecule has 0 fully saturated rings. The van der Waals surface area contributed by atoms with E-state index in [4.69, 9.17) is 4.74 Å². The predicted molar refractivity (Wildman–Crippen MR) is 130 cm³/mol. The maximum Gasteiger partial charge on any atom is 0.229 e. The second-order valence-electron chi connectivity index (χ2n) is 7.93. The van der Waals surface area contributed by atoms with Crippen LogP contribution in [0.25, 0.3) is 10.9 Å². The molecule has 0 aliphatic carbocycles. The van der Waals surface area contributed by atoms with Gasteiger partial charge in [-0.15, -0.1) is 0 Å². The molecule has 0 aliphatic rings. The Bertz CT molecular complexity index is 1430. The van der Waals surface area contributed by atoms with Crippen LogP contribution in [0.3, 0.4) is 0 Å². The fraction of sp³-hybridized carbons (Fsp3) is 0.261. The van der Waals surface area contributed by atoms with Crippen molar-refractivity contribution in [2.45, 2.75) is 12.7 Å². The van der Waals surface area contributed by atoms with Gasteiger partial charge in [0.2, 0.25) is 5.95 Å². The Morgan fingerprint density at radius 3 is 2.67 bits per heavy atom. The average molecular weight is 467 g/mol. The van der Waals surface area contributed by atoms with Crippen molar-refractivity contribution in [1.82, 2.24) is 19.7 Å². The van der Waals surface area contributed by atoms with Crippen LogP contribution < -0.4 is 15.0 Å². The SMILES string of the molecule is COc1ccc(Nc2nccc(N(C)c3ccc4c(C)n(C)nc4c3)n2)cc1CS(C)(=O)=O. The molecular formula is C23H26N6O3S. The molecule has 0 amide bonds. The van der Waals surface area contributed by atoms with E-state index in [0.29, 0.717) is 28.8 Å². The van der Waals surface area contributed by atoms with Gasteiger partial charge in [0.05, 0.1) is 18.4 Å². The quantitative estimate of drug-likeness (QED) is 0.440. The first kappa shape index (κ1) is 22.5. The molecule has 9 nitrogen and oxygen atoms in total. The first-order chi connectivity index (χ1) is 15.6. The third-order valence-electron chi connectivity index (χ3n) is 5.44. The number of hydrogen-bond acceptors (Lipinski definition) is 8. The van der Waals surface area contributed by atoms with Crippen molar-refractivity contribution >= 4 is 43.9 Å². The molecule has 172 valence electrons. The number of nitrogens with zero attached hydrogens (tertiary/aromatic N) is 5. The molecule has 0 saturated carbocycles. The number of rotatable bonds is 7. The summed E-state index contributed by atoms with van der Waals surface area (Å²) in [6.45, 7) is 2.04. The Hall–Kier alpha value is -3.66. The molecule has 0 aliphatic heterocycles. The van der Waals surface area contributed by atoms with Crippen LogP contribution in [0, 0.1) is 6.92 Å². The Kier molecular flexibility index (Phi) is 5.94. The van der Waals surface area contributed by atoms with Crippen molar-refractivity contribution in [2.24, 2.45) is 7.05 Å². The lowest BCUT2D eigenvalue weighted by atomic mass is 10.2. The van der Waals surface area contributed by atoms with Crippen molar-refractivity contribution in [3.8, 4) is 5.75 Å². The summed E-state index contributed by atoms with van der Waals surface area (Å²) in [5, 5.41) is 8.83. The number of benzene rings is 2. The molecule has 0 radical (unpaired) electrons. The second-order valence-corrected chi connectivity index (χ2v) is 10.1. The second kappa shape index (κ2) is 8.70. The first-order valence-electron chi connectivity index (χ1n) is 10.3. The molecular weight excluding hydrogens is 440 g/mol. The summed E-state index contributed by atoms with van der Waals surface area (Å²) < 4.78 is 30.7. The molecule has 4 rings (SSSR count). The minimum Gasteiger partial charge on any atom is -0.496 e. The van der Waals surface area contributed by atoms with Crippen LogP contribution in [-0.2, 0) is 22.6 Å². The van der Waals surface area contributed by atoms with E-state index < -0.39 is 9.84 Å². The number of hydrogen-bond donors (Lipinski definition) is 1. The highest BCUT2D eigenvalue weighted by molar-refractivity contribution is 7.89. The van der Waals surface area contributed by atoms with Crippen LogP contribution >= 0.6 is 0 Å². The summed E-state index contributed by atoms with van der Waals surface area (Å²) in [4.78, 5) is 10.9. The van der Waals surface area contributed by atoms with Crippen LogP contribution in [-0.4, -0.2) is 48.6 Å². The van der Waals surface area contributed by atoms with Gasteiger partial charge in [-0.05, 0) is 49.4 Å². The summed E-state index contributed by atoms with van der Waals surface area (Å²) in [5.41, 5.74) is 4.22. The van der Waals surface area contributed by atoms with Gasteiger partial charge in [0.25, 0.3) is 0 Å². The van der Waals surface area contributed by atoms with E-state index in [-0.39, 0.29) is 5.75 Å². The number of anilines is 4. The third kappa shape index (κ3) is 4.90. The van der Waals surface area contributed by atoms with Crippen LogP contribution in [0.4, 0.5) is 23.1 Å². The minimum absolute atomic E-state index is 0.120. The zero-order chi connectivity index (χ0) is 23.8. The molecule has 2 aromatic heterocycles. The highest BCUT2D eigenvalue weighted by atomic mass is 32.2. The van der Waals surface area contributed by atoms with E-state index in [1.165, 1.54) is 13.4 Å². The molecule has 0 saturated heterocycles. The summed E-state index contributed by atoms with van der Waals surface area (Å²) >= 11 is 0. The van der Waals surface area contributed by atoms with Gasteiger partial charge in [0.15, 0.2) is 9.84 Å². The fourth-order valence-corrected chi connectivity index (χ4v) is 4.43. The zero-order valence-corrected chi connectivity index (χ0v) is 20.0. The monoisotopic (exact) mass is 466 g/mol. The number of nitrogens with one attached hydrogen (secondary N) is 1. The summed E-state index contributed by atoms with van der Waals surface area (Å²) in [6.07, 6.45) is 2.87. The van der Waals surface area contributed by atoms with Crippen LogP contribution in [0.5, 0.6) is 5.75 Å². The van der Waals surface area contributed by atoms with Crippen LogP contribution in [0.2, 0.25) is 0 Å². The maximum absolute atomic E-state index is 11.8. The Labute approximate surface area is 193 Å². The van der Waals surface area contributed by atoms with Gasteiger partial charge >= 0.3 is 0 Å². The lowest BCUT2D eigenvalue weighted by molar-refractivity contribution is 0.411. The number of aryl methyl sites for hydroxylation is 2. The summed E-state index contributed by atoms with van der Waals surface area (Å²) in [6, 6.07) is 13.2. The molecule has 2 heterocycles. The van der Waals surface area contributed by atoms with Gasteiger partial charge in [-0.2, -0.15) is 10.1 Å². The zero-order valence-electron chi connectivity index (χ0n) is 19.2. The minimum atomic E-state index is -3.22. The van der Waals surface area contributed by atoms with E-state index in [2.05, 4.69) is 26.4 Å². The molecule has 4 aromatic rings. The third-order valence-corrected chi connectivity index (χ3v) is 6.28. The topological polar surface area (TPSA) is 102 Å². The summed E-state index contributed by atoms with van der Waals surface area (Å²) in [5.74, 6) is 1.49. The van der Waals surface area contributed by atoms with Gasteiger partial charge in [0.1, 0.15) is 11.6 Å². The molecule has 10 heteroatoms. The number of sulfone groups is 1. The molecule has 0 unspecified atom stereocenters. The van der Waals surface area contributed by atoms with E-state index in [1.54, 1.807) is 24.4 Å². The number of aromatic nitrogens is 4. The van der Waals surface area contributed by atoms with Gasteiger partial charge in [-0.3, -0.25) is 4.68 Å². The smallest absolute Gasteiger partial charge is 0.229 e. The fourth-order valence-electron chi connectivity index (χ4n) is 3.64. The normalized spacial score (nSPS) is 11.5. The predicted octanol–water partition coefficient (Wildman–Crippen LogP) is 3.74. The van der Waals surface area contributed by atoms with Crippen LogP contribution in [0.1, 0.15) is 11.3 Å². The lowest BCUT2D eigenvalue weighted by Gasteiger charge is -2.19. The van der Waals surface area contributed by atoms with E-state index in [1.807, 2.05) is 48.8 Å². The Morgan fingerprint density at radius 1 is 1.15 bits per heavy atom. The largest absolute Gasteiger partial charge is 0.496 e. The van der Waals surface area contributed by atoms with Crippen molar-refractivity contribution in [3.63, 3.8) is 0 Å².